The SMILES string of the molecule is Clc1cccc(C2CSCCCN2)c1Cl. The predicted molar refractivity (Wildman–Crippen MR) is 69.1 cm³/mol. The van der Waals surface area contributed by atoms with Crippen LogP contribution in [0.2, 0.25) is 10.0 Å². The summed E-state index contributed by atoms with van der Waals surface area (Å²) in [6.07, 6.45) is 1.22. The number of thioether (sulfide) groups is 1. The van der Waals surface area contributed by atoms with Crippen LogP contribution in [0, 0.1) is 0 Å². The van der Waals surface area contributed by atoms with Crippen LogP contribution < -0.4 is 5.32 Å². The molecule has 0 radical (unpaired) electrons. The number of hydrogen-bond donors (Lipinski definition) is 1. The summed E-state index contributed by atoms with van der Waals surface area (Å²) in [4.78, 5) is 0. The van der Waals surface area contributed by atoms with Gasteiger partial charge in [0.1, 0.15) is 0 Å². The molecule has 1 N–H and O–H groups in total. The maximum absolute atomic E-state index is 6.20. The van der Waals surface area contributed by atoms with E-state index in [1.165, 1.54) is 12.2 Å². The van der Waals surface area contributed by atoms with Crippen molar-refractivity contribution in [3.63, 3.8) is 0 Å². The Morgan fingerprint density at radius 2 is 2.20 bits per heavy atom. The standard InChI is InChI=1S/C11H13Cl2NS/c12-9-4-1-3-8(11(9)13)10-7-15-6-2-5-14-10/h1,3-4,10,14H,2,5-7H2. The van der Waals surface area contributed by atoms with Crippen LogP contribution in [0.4, 0.5) is 0 Å². The first-order chi connectivity index (χ1) is 7.29. The highest BCUT2D eigenvalue weighted by atomic mass is 35.5. The minimum Gasteiger partial charge on any atom is -0.309 e. The van der Waals surface area contributed by atoms with Gasteiger partial charge in [0.2, 0.25) is 0 Å². The minimum absolute atomic E-state index is 0.337. The van der Waals surface area contributed by atoms with E-state index >= 15 is 0 Å². The molecule has 0 spiro atoms. The summed E-state index contributed by atoms with van der Waals surface area (Å²) in [7, 11) is 0. The summed E-state index contributed by atoms with van der Waals surface area (Å²) >= 11 is 14.2. The molecule has 1 aromatic rings. The molecule has 1 aliphatic rings. The van der Waals surface area contributed by atoms with Gasteiger partial charge in [-0.1, -0.05) is 35.3 Å². The molecule has 4 heteroatoms. The fraction of sp³-hybridized carbons (Fsp3) is 0.455. The number of benzene rings is 1. The van der Waals surface area contributed by atoms with E-state index in [2.05, 4.69) is 11.4 Å². The molecule has 0 amide bonds. The van der Waals surface area contributed by atoms with Crippen molar-refractivity contribution >= 4 is 35.0 Å². The number of hydrogen-bond acceptors (Lipinski definition) is 2. The Labute approximate surface area is 105 Å². The van der Waals surface area contributed by atoms with Gasteiger partial charge in [-0.2, -0.15) is 11.8 Å². The summed E-state index contributed by atoms with van der Waals surface area (Å²) in [6.45, 7) is 1.06. The third kappa shape index (κ3) is 2.82. The molecular formula is C11H13Cl2NS. The van der Waals surface area contributed by atoms with Crippen molar-refractivity contribution in [3.8, 4) is 0 Å². The maximum Gasteiger partial charge on any atom is 0.0640 e. The van der Waals surface area contributed by atoms with Gasteiger partial charge in [0.25, 0.3) is 0 Å². The molecule has 0 aliphatic carbocycles. The smallest absolute Gasteiger partial charge is 0.0640 e. The normalized spacial score (nSPS) is 22.4. The van der Waals surface area contributed by atoms with Gasteiger partial charge in [-0.15, -0.1) is 0 Å². The summed E-state index contributed by atoms with van der Waals surface area (Å²) in [5.41, 5.74) is 1.12. The van der Waals surface area contributed by atoms with Crippen LogP contribution in [-0.4, -0.2) is 18.1 Å². The Morgan fingerprint density at radius 3 is 3.07 bits per heavy atom. The Balaban J connectivity index is 2.23. The monoisotopic (exact) mass is 261 g/mol. The molecule has 82 valence electrons. The zero-order valence-corrected chi connectivity index (χ0v) is 10.6. The molecule has 1 heterocycles. The second-order valence-corrected chi connectivity index (χ2v) is 5.51. The van der Waals surface area contributed by atoms with Gasteiger partial charge in [0.15, 0.2) is 0 Å². The number of rotatable bonds is 1. The van der Waals surface area contributed by atoms with Crippen molar-refractivity contribution in [2.24, 2.45) is 0 Å². The maximum atomic E-state index is 6.20. The average molecular weight is 262 g/mol. The lowest BCUT2D eigenvalue weighted by atomic mass is 10.1. The molecule has 15 heavy (non-hydrogen) atoms. The molecule has 1 atom stereocenters. The molecule has 2 rings (SSSR count). The Bertz CT molecular complexity index is 335. The van der Waals surface area contributed by atoms with E-state index in [-0.39, 0.29) is 0 Å². The van der Waals surface area contributed by atoms with Gasteiger partial charge in [-0.25, -0.2) is 0 Å². The molecule has 1 aliphatic heterocycles. The van der Waals surface area contributed by atoms with Gasteiger partial charge >= 0.3 is 0 Å². The van der Waals surface area contributed by atoms with E-state index in [4.69, 9.17) is 23.2 Å². The van der Waals surface area contributed by atoms with Crippen molar-refractivity contribution in [2.75, 3.05) is 18.1 Å². The van der Waals surface area contributed by atoms with E-state index in [9.17, 15) is 0 Å². The molecule has 0 aromatic heterocycles. The fourth-order valence-corrected chi connectivity index (χ4v) is 3.19. The minimum atomic E-state index is 0.337. The first kappa shape index (κ1) is 11.6. The van der Waals surface area contributed by atoms with Gasteiger partial charge < -0.3 is 5.32 Å². The molecule has 0 bridgehead atoms. The largest absolute Gasteiger partial charge is 0.309 e. The molecule has 1 saturated heterocycles. The Kier molecular flexibility index (Phi) is 4.21. The fourth-order valence-electron chi connectivity index (χ4n) is 1.70. The molecule has 1 unspecified atom stereocenters. The molecule has 1 fully saturated rings. The van der Waals surface area contributed by atoms with Crippen LogP contribution in [0.3, 0.4) is 0 Å². The predicted octanol–water partition coefficient (Wildman–Crippen LogP) is 3.76. The van der Waals surface area contributed by atoms with E-state index in [1.54, 1.807) is 0 Å². The van der Waals surface area contributed by atoms with Crippen molar-refractivity contribution in [1.29, 1.82) is 0 Å². The quantitative estimate of drug-likeness (QED) is 0.827. The molecule has 1 aromatic carbocycles. The average Bonchev–Trinajstić information content (AvgIpc) is 2.50. The van der Waals surface area contributed by atoms with Crippen molar-refractivity contribution < 1.29 is 0 Å². The second kappa shape index (κ2) is 5.44. The van der Waals surface area contributed by atoms with Gasteiger partial charge in [0, 0.05) is 11.8 Å². The summed E-state index contributed by atoms with van der Waals surface area (Å²) < 4.78 is 0. The highest BCUT2D eigenvalue weighted by molar-refractivity contribution is 7.99. The van der Waals surface area contributed by atoms with Crippen LogP contribution in [0.25, 0.3) is 0 Å². The Hall–Kier alpha value is 0.110. The van der Waals surface area contributed by atoms with Crippen LogP contribution in [0.1, 0.15) is 18.0 Å². The topological polar surface area (TPSA) is 12.0 Å². The van der Waals surface area contributed by atoms with Crippen molar-refractivity contribution in [3.05, 3.63) is 33.8 Å². The first-order valence-electron chi connectivity index (χ1n) is 5.04. The van der Waals surface area contributed by atoms with Crippen LogP contribution >= 0.6 is 35.0 Å². The van der Waals surface area contributed by atoms with E-state index in [0.29, 0.717) is 16.1 Å². The third-order valence-electron chi connectivity index (χ3n) is 2.50. The van der Waals surface area contributed by atoms with Crippen molar-refractivity contribution in [2.45, 2.75) is 12.5 Å². The van der Waals surface area contributed by atoms with Crippen LogP contribution in [0.15, 0.2) is 18.2 Å². The van der Waals surface area contributed by atoms with E-state index < -0.39 is 0 Å². The zero-order chi connectivity index (χ0) is 10.7. The lowest BCUT2D eigenvalue weighted by Crippen LogP contribution is -2.22. The highest BCUT2D eigenvalue weighted by Gasteiger charge is 2.17. The summed E-state index contributed by atoms with van der Waals surface area (Å²) in [5, 5.41) is 4.84. The lowest BCUT2D eigenvalue weighted by Gasteiger charge is -2.17. The first-order valence-corrected chi connectivity index (χ1v) is 6.95. The zero-order valence-electron chi connectivity index (χ0n) is 8.30. The van der Waals surface area contributed by atoms with E-state index in [0.717, 1.165) is 17.9 Å². The highest BCUT2D eigenvalue weighted by Crippen LogP contribution is 2.32. The molecular weight excluding hydrogens is 249 g/mol. The van der Waals surface area contributed by atoms with Gasteiger partial charge in [-0.05, 0) is 30.3 Å². The molecule has 1 nitrogen and oxygen atoms in total. The number of halogens is 2. The summed E-state index contributed by atoms with van der Waals surface area (Å²) in [5.74, 6) is 2.29. The number of nitrogens with one attached hydrogen (secondary N) is 1. The van der Waals surface area contributed by atoms with Gasteiger partial charge in [-0.3, -0.25) is 0 Å². The van der Waals surface area contributed by atoms with Crippen LogP contribution in [0.5, 0.6) is 0 Å². The summed E-state index contributed by atoms with van der Waals surface area (Å²) in [6, 6.07) is 6.18. The van der Waals surface area contributed by atoms with E-state index in [1.807, 2.05) is 23.9 Å². The van der Waals surface area contributed by atoms with Gasteiger partial charge in [0.05, 0.1) is 10.0 Å². The third-order valence-corrected chi connectivity index (χ3v) is 4.48. The molecule has 0 saturated carbocycles. The van der Waals surface area contributed by atoms with Crippen LogP contribution in [-0.2, 0) is 0 Å². The lowest BCUT2D eigenvalue weighted by molar-refractivity contribution is 0.590. The second-order valence-electron chi connectivity index (χ2n) is 3.58. The van der Waals surface area contributed by atoms with Crippen molar-refractivity contribution in [1.82, 2.24) is 5.32 Å². The Morgan fingerprint density at radius 1 is 1.33 bits per heavy atom.